The van der Waals surface area contributed by atoms with Gasteiger partial charge in [-0.25, -0.2) is 0 Å². The highest BCUT2D eigenvalue weighted by molar-refractivity contribution is 6.17. The van der Waals surface area contributed by atoms with Gasteiger partial charge in [-0.2, -0.15) is 0 Å². The zero-order valence-corrected chi connectivity index (χ0v) is 16.0. The Bertz CT molecular complexity index is 692. The summed E-state index contributed by atoms with van der Waals surface area (Å²) in [5, 5.41) is 2.55. The molecule has 2 aliphatic carbocycles. The Balaban J connectivity index is 1.88. The number of amides is 1. The fraction of sp³-hybridized carbons (Fsp3) is 0.619. The molecule has 26 heavy (non-hydrogen) atoms. The number of likely N-dealkylation sites (N-methyl/N-ethyl adjacent to an activating group) is 1. The Kier molecular flexibility index (Phi) is 5.37. The van der Waals surface area contributed by atoms with Crippen molar-refractivity contribution in [2.75, 3.05) is 13.7 Å². The average Bonchev–Trinajstić information content (AvgIpc) is 3.50. The second kappa shape index (κ2) is 7.39. The third kappa shape index (κ3) is 4.09. The average molecular weight is 358 g/mol. The zero-order valence-electron chi connectivity index (χ0n) is 16.0. The fourth-order valence-electron chi connectivity index (χ4n) is 3.44. The molecule has 0 aliphatic heterocycles. The van der Waals surface area contributed by atoms with Crippen molar-refractivity contribution in [2.24, 2.45) is 17.6 Å². The van der Waals surface area contributed by atoms with Gasteiger partial charge in [0.15, 0.2) is 11.3 Å². The molecule has 142 valence electrons. The van der Waals surface area contributed by atoms with Gasteiger partial charge in [0.25, 0.3) is 0 Å². The molecular weight excluding hydrogens is 328 g/mol. The van der Waals surface area contributed by atoms with Crippen LogP contribution in [-0.4, -0.2) is 30.9 Å². The first-order valence-corrected chi connectivity index (χ1v) is 9.67. The SMILES string of the molecule is CNC(=O)[C@@](N)(CC(C)C)C(=O)c1ccc(C2CC2)c(OCC2CC2)c1. The lowest BCUT2D eigenvalue weighted by molar-refractivity contribution is -0.124. The molecule has 3 rings (SSSR count). The first kappa shape index (κ1) is 18.9. The summed E-state index contributed by atoms with van der Waals surface area (Å²) in [6.07, 6.45) is 5.07. The zero-order chi connectivity index (χ0) is 18.9. The standard InChI is InChI=1S/C21H30N2O3/c1-13(2)11-21(22,20(25)23-3)19(24)16-8-9-17(15-6-7-15)18(10-16)26-12-14-4-5-14/h8-10,13-15H,4-7,11-12,22H2,1-3H3,(H,23,25)/t21-/m1/s1. The fourth-order valence-corrected chi connectivity index (χ4v) is 3.44. The molecule has 0 aromatic heterocycles. The van der Waals surface area contributed by atoms with Crippen LogP contribution in [0, 0.1) is 11.8 Å². The lowest BCUT2D eigenvalue weighted by atomic mass is 9.82. The third-order valence-electron chi connectivity index (χ3n) is 5.23. The summed E-state index contributed by atoms with van der Waals surface area (Å²) in [4.78, 5) is 25.5. The second-order valence-electron chi connectivity index (χ2n) is 8.26. The van der Waals surface area contributed by atoms with Gasteiger partial charge in [0.2, 0.25) is 5.91 Å². The van der Waals surface area contributed by atoms with Crippen molar-refractivity contribution in [3.05, 3.63) is 29.3 Å². The highest BCUT2D eigenvalue weighted by Gasteiger charge is 2.42. The van der Waals surface area contributed by atoms with E-state index in [4.69, 9.17) is 10.5 Å². The van der Waals surface area contributed by atoms with E-state index in [9.17, 15) is 9.59 Å². The quantitative estimate of drug-likeness (QED) is 0.525. The molecule has 0 spiro atoms. The number of Topliss-reactive ketones (excluding diaryl/α,β-unsaturated/α-hetero) is 1. The molecule has 2 saturated carbocycles. The summed E-state index contributed by atoms with van der Waals surface area (Å²) in [5.41, 5.74) is 6.39. The molecule has 1 amide bonds. The first-order valence-electron chi connectivity index (χ1n) is 9.67. The van der Waals surface area contributed by atoms with Crippen LogP contribution >= 0.6 is 0 Å². The molecule has 2 aliphatic rings. The Morgan fingerprint density at radius 2 is 1.96 bits per heavy atom. The van der Waals surface area contributed by atoms with Gasteiger partial charge in [0.1, 0.15) is 5.75 Å². The highest BCUT2D eigenvalue weighted by atomic mass is 16.5. The van der Waals surface area contributed by atoms with Crippen LogP contribution in [0.5, 0.6) is 5.75 Å². The molecule has 0 unspecified atom stereocenters. The van der Waals surface area contributed by atoms with E-state index in [1.54, 1.807) is 12.1 Å². The number of rotatable bonds is 9. The Morgan fingerprint density at radius 1 is 1.27 bits per heavy atom. The van der Waals surface area contributed by atoms with Crippen LogP contribution in [0.4, 0.5) is 0 Å². The molecule has 1 aromatic carbocycles. The Labute approximate surface area is 155 Å². The molecule has 1 atom stereocenters. The van der Waals surface area contributed by atoms with E-state index < -0.39 is 11.4 Å². The molecule has 1 aromatic rings. The molecule has 5 heteroatoms. The second-order valence-corrected chi connectivity index (χ2v) is 8.26. The first-order chi connectivity index (χ1) is 12.3. The monoisotopic (exact) mass is 358 g/mol. The number of ether oxygens (including phenoxy) is 1. The van der Waals surface area contributed by atoms with E-state index in [-0.39, 0.29) is 11.7 Å². The Hall–Kier alpha value is -1.88. The van der Waals surface area contributed by atoms with Crippen molar-refractivity contribution in [1.82, 2.24) is 5.32 Å². The molecule has 0 bridgehead atoms. The smallest absolute Gasteiger partial charge is 0.247 e. The number of benzene rings is 1. The van der Waals surface area contributed by atoms with Crippen LogP contribution < -0.4 is 15.8 Å². The number of nitrogens with two attached hydrogens (primary N) is 1. The maximum absolute atomic E-state index is 13.2. The van der Waals surface area contributed by atoms with Gasteiger partial charge in [-0.15, -0.1) is 0 Å². The molecular formula is C21H30N2O3. The molecule has 2 fully saturated rings. The van der Waals surface area contributed by atoms with Gasteiger partial charge in [0.05, 0.1) is 6.61 Å². The predicted molar refractivity (Wildman–Crippen MR) is 101 cm³/mol. The van der Waals surface area contributed by atoms with Gasteiger partial charge in [-0.1, -0.05) is 26.0 Å². The number of hydrogen-bond acceptors (Lipinski definition) is 4. The van der Waals surface area contributed by atoms with Crippen LogP contribution in [0.2, 0.25) is 0 Å². The highest BCUT2D eigenvalue weighted by Crippen LogP contribution is 2.45. The van der Waals surface area contributed by atoms with Crippen molar-refractivity contribution in [3.63, 3.8) is 0 Å². The topological polar surface area (TPSA) is 81.4 Å². The summed E-state index contributed by atoms with van der Waals surface area (Å²) < 4.78 is 6.04. The van der Waals surface area contributed by atoms with Crippen LogP contribution in [0.15, 0.2) is 18.2 Å². The summed E-state index contributed by atoms with van der Waals surface area (Å²) in [6.45, 7) is 4.61. The van der Waals surface area contributed by atoms with Crippen molar-refractivity contribution >= 4 is 11.7 Å². The van der Waals surface area contributed by atoms with Gasteiger partial charge in [0, 0.05) is 12.6 Å². The number of ketones is 1. The third-order valence-corrected chi connectivity index (χ3v) is 5.23. The number of hydrogen-bond donors (Lipinski definition) is 2. The van der Waals surface area contributed by atoms with Crippen LogP contribution in [0.3, 0.4) is 0 Å². The summed E-state index contributed by atoms with van der Waals surface area (Å²) in [6, 6.07) is 5.57. The summed E-state index contributed by atoms with van der Waals surface area (Å²) in [5.74, 6) is 1.30. The van der Waals surface area contributed by atoms with E-state index >= 15 is 0 Å². The van der Waals surface area contributed by atoms with E-state index in [0.717, 1.165) is 5.75 Å². The lowest BCUT2D eigenvalue weighted by Gasteiger charge is -2.28. The van der Waals surface area contributed by atoms with Gasteiger partial charge < -0.3 is 15.8 Å². The minimum atomic E-state index is -1.56. The normalized spacial score (nSPS) is 19.1. The van der Waals surface area contributed by atoms with Crippen molar-refractivity contribution in [2.45, 2.75) is 57.4 Å². The molecule has 5 nitrogen and oxygen atoms in total. The maximum atomic E-state index is 13.2. The van der Waals surface area contributed by atoms with E-state index in [2.05, 4.69) is 5.32 Å². The maximum Gasteiger partial charge on any atom is 0.247 e. The van der Waals surface area contributed by atoms with E-state index in [0.29, 0.717) is 30.4 Å². The van der Waals surface area contributed by atoms with Crippen molar-refractivity contribution < 1.29 is 14.3 Å². The van der Waals surface area contributed by atoms with Gasteiger partial charge in [-0.05, 0) is 61.5 Å². The van der Waals surface area contributed by atoms with Crippen LogP contribution in [0.25, 0.3) is 0 Å². The number of carbonyl (C=O) groups is 2. The van der Waals surface area contributed by atoms with E-state index in [1.165, 1.54) is 38.3 Å². The minimum Gasteiger partial charge on any atom is -0.493 e. The van der Waals surface area contributed by atoms with Crippen molar-refractivity contribution in [1.29, 1.82) is 0 Å². The summed E-state index contributed by atoms with van der Waals surface area (Å²) in [7, 11) is 1.51. The lowest BCUT2D eigenvalue weighted by Crippen LogP contribution is -2.59. The number of carbonyl (C=O) groups excluding carboxylic acids is 2. The van der Waals surface area contributed by atoms with Crippen LogP contribution in [-0.2, 0) is 4.79 Å². The van der Waals surface area contributed by atoms with Gasteiger partial charge in [-0.3, -0.25) is 9.59 Å². The molecule has 0 radical (unpaired) electrons. The predicted octanol–water partition coefficient (Wildman–Crippen LogP) is 3.03. The molecule has 3 N–H and O–H groups in total. The largest absolute Gasteiger partial charge is 0.493 e. The van der Waals surface area contributed by atoms with E-state index in [1.807, 2.05) is 19.9 Å². The Morgan fingerprint density at radius 3 is 2.50 bits per heavy atom. The molecule has 0 heterocycles. The minimum absolute atomic E-state index is 0.123. The van der Waals surface area contributed by atoms with Crippen LogP contribution in [0.1, 0.15) is 67.8 Å². The molecule has 0 saturated heterocycles. The van der Waals surface area contributed by atoms with Gasteiger partial charge >= 0.3 is 0 Å². The summed E-state index contributed by atoms with van der Waals surface area (Å²) >= 11 is 0. The number of nitrogens with one attached hydrogen (secondary N) is 1. The van der Waals surface area contributed by atoms with Crippen molar-refractivity contribution in [3.8, 4) is 5.75 Å².